The zero-order chi connectivity index (χ0) is 12.7. The van der Waals surface area contributed by atoms with E-state index < -0.39 is 0 Å². The molecule has 0 amide bonds. The van der Waals surface area contributed by atoms with Crippen LogP contribution in [0.1, 0.15) is 13.8 Å². The van der Waals surface area contributed by atoms with Gasteiger partial charge in [-0.25, -0.2) is 14.8 Å². The molecule has 0 aliphatic heterocycles. The Hall–Kier alpha value is -2.17. The van der Waals surface area contributed by atoms with Gasteiger partial charge in [0, 0.05) is 13.1 Å². The minimum atomic E-state index is -0.0368. The molecule has 0 saturated heterocycles. The molecule has 2 heterocycles. The molecule has 2 aromatic heterocycles. The van der Waals surface area contributed by atoms with E-state index in [4.69, 9.17) is 0 Å². The summed E-state index contributed by atoms with van der Waals surface area (Å²) >= 11 is 0. The topological polar surface area (TPSA) is 52.7 Å². The summed E-state index contributed by atoms with van der Waals surface area (Å²) in [6.07, 6.45) is 0. The van der Waals surface area contributed by atoms with Crippen LogP contribution in [0, 0.1) is 0 Å². The number of aryl methyl sites for hydroxylation is 2. The lowest BCUT2D eigenvalue weighted by Crippen LogP contribution is -2.23. The molecule has 92 valence electrons. The number of nitrogens with zero attached hydrogens (tertiary/aromatic N) is 4. The highest BCUT2D eigenvalue weighted by molar-refractivity contribution is 5.83. The fourth-order valence-corrected chi connectivity index (χ4v) is 2.24. The van der Waals surface area contributed by atoms with Gasteiger partial charge in [0.25, 0.3) is 0 Å². The van der Waals surface area contributed by atoms with E-state index in [0.29, 0.717) is 24.4 Å². The molecule has 18 heavy (non-hydrogen) atoms. The largest absolute Gasteiger partial charge is 0.331 e. The molecule has 0 aliphatic carbocycles. The average molecular weight is 242 g/mol. The molecule has 3 aromatic rings. The van der Waals surface area contributed by atoms with E-state index in [1.165, 1.54) is 0 Å². The van der Waals surface area contributed by atoms with Gasteiger partial charge < -0.3 is 0 Å². The van der Waals surface area contributed by atoms with Gasteiger partial charge in [0.2, 0.25) is 0 Å². The van der Waals surface area contributed by atoms with Crippen LogP contribution in [0.4, 0.5) is 0 Å². The van der Waals surface area contributed by atoms with Crippen molar-refractivity contribution in [2.75, 3.05) is 0 Å². The summed E-state index contributed by atoms with van der Waals surface area (Å²) in [5.41, 5.74) is 2.94. The molecule has 0 N–H and O–H groups in total. The van der Waals surface area contributed by atoms with Crippen LogP contribution in [0.15, 0.2) is 29.1 Å². The van der Waals surface area contributed by atoms with E-state index in [1.807, 2.05) is 38.1 Å². The van der Waals surface area contributed by atoms with Gasteiger partial charge in [0.1, 0.15) is 0 Å². The number of aromatic nitrogens is 4. The normalized spacial score (nSPS) is 11.4. The van der Waals surface area contributed by atoms with Crippen molar-refractivity contribution in [3.8, 4) is 0 Å². The number of fused-ring (bicyclic) bond motifs is 2. The highest BCUT2D eigenvalue weighted by Gasteiger charge is 2.14. The van der Waals surface area contributed by atoms with Crippen LogP contribution in [0.3, 0.4) is 0 Å². The smallest absolute Gasteiger partial charge is 0.275 e. The van der Waals surface area contributed by atoms with Crippen molar-refractivity contribution in [2.24, 2.45) is 0 Å². The summed E-state index contributed by atoms with van der Waals surface area (Å²) in [6.45, 7) is 5.10. The minimum Gasteiger partial charge on any atom is -0.275 e. The third-order valence-corrected chi connectivity index (χ3v) is 3.14. The van der Waals surface area contributed by atoms with Crippen molar-refractivity contribution in [1.29, 1.82) is 0 Å². The monoisotopic (exact) mass is 242 g/mol. The van der Waals surface area contributed by atoms with E-state index >= 15 is 0 Å². The number of rotatable bonds is 2. The van der Waals surface area contributed by atoms with Crippen LogP contribution in [0.2, 0.25) is 0 Å². The second-order valence-electron chi connectivity index (χ2n) is 4.13. The van der Waals surface area contributed by atoms with Gasteiger partial charge in [-0.2, -0.15) is 0 Å². The average Bonchev–Trinajstić information content (AvgIpc) is 2.66. The zero-order valence-corrected chi connectivity index (χ0v) is 10.4. The zero-order valence-electron chi connectivity index (χ0n) is 10.4. The first-order chi connectivity index (χ1) is 8.76. The molecule has 5 heteroatoms. The molecule has 3 rings (SSSR count). The van der Waals surface area contributed by atoms with Gasteiger partial charge >= 0.3 is 5.69 Å². The molecule has 5 nitrogen and oxygen atoms in total. The van der Waals surface area contributed by atoms with E-state index in [1.54, 1.807) is 9.13 Å². The fraction of sp³-hybridized carbons (Fsp3) is 0.308. The van der Waals surface area contributed by atoms with Gasteiger partial charge in [0.05, 0.1) is 11.0 Å². The van der Waals surface area contributed by atoms with Crippen molar-refractivity contribution in [3.63, 3.8) is 0 Å². The molecule has 1 aromatic carbocycles. The van der Waals surface area contributed by atoms with Crippen molar-refractivity contribution in [1.82, 2.24) is 19.1 Å². The molecule has 0 aliphatic rings. The predicted molar refractivity (Wildman–Crippen MR) is 70.6 cm³/mol. The second kappa shape index (κ2) is 3.94. The Morgan fingerprint density at radius 2 is 1.39 bits per heavy atom. The van der Waals surface area contributed by atoms with Crippen molar-refractivity contribution >= 4 is 22.3 Å². The maximum Gasteiger partial charge on any atom is 0.331 e. The second-order valence-corrected chi connectivity index (χ2v) is 4.13. The lowest BCUT2D eigenvalue weighted by Gasteiger charge is -1.99. The summed E-state index contributed by atoms with van der Waals surface area (Å²) in [7, 11) is 0. The summed E-state index contributed by atoms with van der Waals surface area (Å²) in [5.74, 6) is 0. The van der Waals surface area contributed by atoms with Crippen LogP contribution in [-0.2, 0) is 13.1 Å². The van der Waals surface area contributed by atoms with Crippen LogP contribution in [-0.4, -0.2) is 19.1 Å². The third-order valence-electron chi connectivity index (χ3n) is 3.14. The Morgan fingerprint density at radius 1 is 0.944 bits per heavy atom. The maximum absolute atomic E-state index is 12.2. The number of para-hydroxylation sites is 2. The Balaban J connectivity index is 2.53. The molecule has 0 bridgehead atoms. The first-order valence-electron chi connectivity index (χ1n) is 6.12. The van der Waals surface area contributed by atoms with Crippen LogP contribution >= 0.6 is 0 Å². The number of hydrogen-bond acceptors (Lipinski definition) is 3. The van der Waals surface area contributed by atoms with Gasteiger partial charge in [-0.05, 0) is 26.0 Å². The Bertz CT molecular complexity index is 721. The molecule has 0 atom stereocenters. The molecule has 0 radical (unpaired) electrons. The summed E-state index contributed by atoms with van der Waals surface area (Å²) in [5, 5.41) is 0. The molecule has 0 spiro atoms. The lowest BCUT2D eigenvalue weighted by atomic mass is 10.3. The fourth-order valence-electron chi connectivity index (χ4n) is 2.24. The highest BCUT2D eigenvalue weighted by Crippen LogP contribution is 2.15. The van der Waals surface area contributed by atoms with Crippen LogP contribution < -0.4 is 5.69 Å². The molecule has 0 fully saturated rings. The number of imidazole rings is 1. The van der Waals surface area contributed by atoms with E-state index in [0.717, 1.165) is 11.0 Å². The SMILES string of the molecule is CCn1c(=O)n(CC)c2nc3ccccc3nc21. The Kier molecular flexibility index (Phi) is 2.40. The maximum atomic E-state index is 12.2. The Labute approximate surface area is 104 Å². The van der Waals surface area contributed by atoms with Gasteiger partial charge in [-0.1, -0.05) is 12.1 Å². The predicted octanol–water partition coefficient (Wildman–Crippen LogP) is 1.79. The lowest BCUT2D eigenvalue weighted by molar-refractivity contribution is 0.667. The van der Waals surface area contributed by atoms with Crippen molar-refractivity contribution in [2.45, 2.75) is 26.9 Å². The molecule has 0 unspecified atom stereocenters. The highest BCUT2D eigenvalue weighted by atomic mass is 16.1. The van der Waals surface area contributed by atoms with Crippen molar-refractivity contribution in [3.05, 3.63) is 34.7 Å². The first-order valence-corrected chi connectivity index (χ1v) is 6.12. The third kappa shape index (κ3) is 1.37. The van der Waals surface area contributed by atoms with Crippen LogP contribution in [0.5, 0.6) is 0 Å². The van der Waals surface area contributed by atoms with Gasteiger partial charge in [0.15, 0.2) is 11.3 Å². The summed E-state index contributed by atoms with van der Waals surface area (Å²) in [4.78, 5) is 21.3. The first kappa shape index (κ1) is 11.0. The van der Waals surface area contributed by atoms with Gasteiger partial charge in [-0.3, -0.25) is 9.13 Å². The molecule has 0 saturated carbocycles. The van der Waals surface area contributed by atoms with E-state index in [2.05, 4.69) is 9.97 Å². The number of hydrogen-bond donors (Lipinski definition) is 0. The van der Waals surface area contributed by atoms with E-state index in [-0.39, 0.29) is 5.69 Å². The quantitative estimate of drug-likeness (QED) is 0.688. The Morgan fingerprint density at radius 3 is 1.78 bits per heavy atom. The standard InChI is InChI=1S/C13H14N4O/c1-3-16-11-12(17(4-2)13(16)18)15-10-8-6-5-7-9(10)14-11/h5-8H,3-4H2,1-2H3. The van der Waals surface area contributed by atoms with E-state index in [9.17, 15) is 4.79 Å². The molecular formula is C13H14N4O. The molecular weight excluding hydrogens is 228 g/mol. The van der Waals surface area contributed by atoms with Crippen LogP contribution in [0.25, 0.3) is 22.3 Å². The summed E-state index contributed by atoms with van der Waals surface area (Å²) < 4.78 is 3.33. The van der Waals surface area contributed by atoms with Gasteiger partial charge in [-0.15, -0.1) is 0 Å². The number of benzene rings is 1. The summed E-state index contributed by atoms with van der Waals surface area (Å²) in [6, 6.07) is 7.67. The minimum absolute atomic E-state index is 0.0368. The van der Waals surface area contributed by atoms with Crippen molar-refractivity contribution < 1.29 is 0 Å².